The summed E-state index contributed by atoms with van der Waals surface area (Å²) < 4.78 is 5.46. The van der Waals surface area contributed by atoms with E-state index in [0.29, 0.717) is 5.92 Å². The molecule has 0 spiro atoms. The molecule has 0 bridgehead atoms. The summed E-state index contributed by atoms with van der Waals surface area (Å²) in [4.78, 5) is 11.9. The molecule has 0 radical (unpaired) electrons. The zero-order valence-corrected chi connectivity index (χ0v) is 11.2. The standard InChI is InChI=1S/C13H23NO2.ClH/c14-12(10-6-2-1-3-7-10)13(15)16-11-8-4-5-9-11;/h10-12H,1-9,14H2;1H/t12-;/m0./s1. The molecule has 0 unspecified atom stereocenters. The summed E-state index contributed by atoms with van der Waals surface area (Å²) in [7, 11) is 0. The van der Waals surface area contributed by atoms with Crippen molar-refractivity contribution in [1.82, 2.24) is 0 Å². The van der Waals surface area contributed by atoms with E-state index < -0.39 is 0 Å². The molecular formula is C13H24ClNO2. The first-order valence-electron chi connectivity index (χ1n) is 6.73. The largest absolute Gasteiger partial charge is 0.461 e. The Morgan fingerprint density at radius 2 is 1.53 bits per heavy atom. The van der Waals surface area contributed by atoms with Crippen LogP contribution in [0, 0.1) is 5.92 Å². The average molecular weight is 262 g/mol. The number of hydrogen-bond donors (Lipinski definition) is 1. The number of esters is 1. The highest BCUT2D eigenvalue weighted by Gasteiger charge is 2.29. The summed E-state index contributed by atoms with van der Waals surface area (Å²) in [6.07, 6.45) is 10.5. The number of rotatable bonds is 3. The Hall–Kier alpha value is -0.280. The molecule has 0 heterocycles. The van der Waals surface area contributed by atoms with Gasteiger partial charge in [0.25, 0.3) is 0 Å². The molecule has 2 aliphatic carbocycles. The topological polar surface area (TPSA) is 52.3 Å². The van der Waals surface area contributed by atoms with Crippen LogP contribution in [0.4, 0.5) is 0 Å². The Kier molecular flexibility index (Phi) is 6.28. The van der Waals surface area contributed by atoms with E-state index in [-0.39, 0.29) is 30.5 Å². The molecule has 2 fully saturated rings. The van der Waals surface area contributed by atoms with Crippen LogP contribution in [-0.4, -0.2) is 18.1 Å². The van der Waals surface area contributed by atoms with Crippen LogP contribution in [0.2, 0.25) is 0 Å². The molecule has 17 heavy (non-hydrogen) atoms. The van der Waals surface area contributed by atoms with Crippen LogP contribution in [0.1, 0.15) is 57.8 Å². The van der Waals surface area contributed by atoms with E-state index in [0.717, 1.165) is 25.7 Å². The van der Waals surface area contributed by atoms with Gasteiger partial charge in [0.1, 0.15) is 12.1 Å². The van der Waals surface area contributed by atoms with Crippen molar-refractivity contribution in [2.45, 2.75) is 69.9 Å². The molecule has 3 nitrogen and oxygen atoms in total. The number of nitrogens with two attached hydrogens (primary N) is 1. The molecule has 1 atom stereocenters. The highest BCUT2D eigenvalue weighted by Crippen LogP contribution is 2.27. The highest BCUT2D eigenvalue weighted by molar-refractivity contribution is 5.85. The molecular weight excluding hydrogens is 238 g/mol. The molecule has 0 aromatic carbocycles. The van der Waals surface area contributed by atoms with Gasteiger partial charge in [-0.15, -0.1) is 12.4 Å². The van der Waals surface area contributed by atoms with Crippen molar-refractivity contribution in [2.24, 2.45) is 11.7 Å². The molecule has 2 N–H and O–H groups in total. The number of ether oxygens (including phenoxy) is 1. The molecule has 0 aromatic rings. The summed E-state index contributed by atoms with van der Waals surface area (Å²) in [6.45, 7) is 0. The van der Waals surface area contributed by atoms with Gasteiger partial charge in [0, 0.05) is 0 Å². The fraction of sp³-hybridized carbons (Fsp3) is 0.923. The summed E-state index contributed by atoms with van der Waals surface area (Å²) >= 11 is 0. The third-order valence-electron chi connectivity index (χ3n) is 4.01. The van der Waals surface area contributed by atoms with Crippen molar-refractivity contribution < 1.29 is 9.53 Å². The van der Waals surface area contributed by atoms with E-state index in [1.807, 2.05) is 0 Å². The van der Waals surface area contributed by atoms with Gasteiger partial charge in [-0.05, 0) is 44.4 Å². The first kappa shape index (κ1) is 14.8. The molecule has 100 valence electrons. The zero-order chi connectivity index (χ0) is 11.4. The van der Waals surface area contributed by atoms with Crippen molar-refractivity contribution in [3.05, 3.63) is 0 Å². The number of halogens is 1. The van der Waals surface area contributed by atoms with Crippen LogP contribution >= 0.6 is 12.4 Å². The van der Waals surface area contributed by atoms with Crippen molar-refractivity contribution in [3.8, 4) is 0 Å². The quantitative estimate of drug-likeness (QED) is 0.795. The van der Waals surface area contributed by atoms with Gasteiger partial charge in [0.05, 0.1) is 0 Å². The lowest BCUT2D eigenvalue weighted by molar-refractivity contribution is -0.152. The molecule has 0 aromatic heterocycles. The van der Waals surface area contributed by atoms with Crippen LogP contribution in [0.5, 0.6) is 0 Å². The van der Waals surface area contributed by atoms with E-state index in [1.165, 1.54) is 32.1 Å². The molecule has 2 aliphatic rings. The van der Waals surface area contributed by atoms with Gasteiger partial charge in [0.15, 0.2) is 0 Å². The highest BCUT2D eigenvalue weighted by atomic mass is 35.5. The monoisotopic (exact) mass is 261 g/mol. The van der Waals surface area contributed by atoms with Crippen molar-refractivity contribution in [2.75, 3.05) is 0 Å². The lowest BCUT2D eigenvalue weighted by Gasteiger charge is -2.26. The predicted octanol–water partition coefficient (Wildman–Crippen LogP) is 2.80. The normalized spacial score (nSPS) is 24.1. The van der Waals surface area contributed by atoms with Gasteiger partial charge in [0.2, 0.25) is 0 Å². The van der Waals surface area contributed by atoms with Crippen LogP contribution in [0.15, 0.2) is 0 Å². The second-order valence-corrected chi connectivity index (χ2v) is 5.27. The molecule has 0 saturated heterocycles. The van der Waals surface area contributed by atoms with E-state index in [4.69, 9.17) is 10.5 Å². The first-order chi connectivity index (χ1) is 7.77. The third kappa shape index (κ3) is 4.14. The summed E-state index contributed by atoms with van der Waals surface area (Å²) in [6, 6.07) is -0.374. The maximum absolute atomic E-state index is 11.9. The van der Waals surface area contributed by atoms with Gasteiger partial charge in [-0.25, -0.2) is 0 Å². The van der Waals surface area contributed by atoms with E-state index in [2.05, 4.69) is 0 Å². The lowest BCUT2D eigenvalue weighted by Crippen LogP contribution is -2.41. The third-order valence-corrected chi connectivity index (χ3v) is 4.01. The summed E-state index contributed by atoms with van der Waals surface area (Å²) in [5.74, 6) is 0.210. The Labute approximate surface area is 110 Å². The SMILES string of the molecule is Cl.N[C@H](C(=O)OC1CCCC1)C1CCCCC1. The molecule has 0 aliphatic heterocycles. The number of carbonyl (C=O) groups excluding carboxylic acids is 1. The second kappa shape index (κ2) is 7.22. The fourth-order valence-corrected chi connectivity index (χ4v) is 2.93. The van der Waals surface area contributed by atoms with Crippen molar-refractivity contribution >= 4 is 18.4 Å². The minimum atomic E-state index is -0.374. The van der Waals surface area contributed by atoms with Crippen LogP contribution < -0.4 is 5.73 Å². The first-order valence-corrected chi connectivity index (χ1v) is 6.73. The van der Waals surface area contributed by atoms with Gasteiger partial charge in [-0.2, -0.15) is 0 Å². The Balaban J connectivity index is 0.00000144. The van der Waals surface area contributed by atoms with Gasteiger partial charge in [-0.1, -0.05) is 19.3 Å². The minimum Gasteiger partial charge on any atom is -0.461 e. The lowest BCUT2D eigenvalue weighted by atomic mass is 9.84. The zero-order valence-electron chi connectivity index (χ0n) is 10.4. The maximum atomic E-state index is 11.9. The van der Waals surface area contributed by atoms with Crippen molar-refractivity contribution in [1.29, 1.82) is 0 Å². The maximum Gasteiger partial charge on any atom is 0.323 e. The molecule has 2 saturated carbocycles. The second-order valence-electron chi connectivity index (χ2n) is 5.27. The number of hydrogen-bond acceptors (Lipinski definition) is 3. The minimum absolute atomic E-state index is 0. The average Bonchev–Trinajstić information content (AvgIpc) is 2.82. The Morgan fingerprint density at radius 3 is 2.12 bits per heavy atom. The van der Waals surface area contributed by atoms with E-state index in [9.17, 15) is 4.79 Å². The predicted molar refractivity (Wildman–Crippen MR) is 70.1 cm³/mol. The van der Waals surface area contributed by atoms with Gasteiger partial charge < -0.3 is 10.5 Å². The van der Waals surface area contributed by atoms with E-state index >= 15 is 0 Å². The molecule has 0 amide bonds. The summed E-state index contributed by atoms with van der Waals surface area (Å²) in [5.41, 5.74) is 6.00. The molecule has 4 heteroatoms. The Bertz CT molecular complexity index is 236. The number of carbonyl (C=O) groups is 1. The van der Waals surface area contributed by atoms with Crippen LogP contribution in [-0.2, 0) is 9.53 Å². The molecule has 2 rings (SSSR count). The fourth-order valence-electron chi connectivity index (χ4n) is 2.93. The van der Waals surface area contributed by atoms with Crippen molar-refractivity contribution in [3.63, 3.8) is 0 Å². The van der Waals surface area contributed by atoms with Crippen LogP contribution in [0.3, 0.4) is 0 Å². The van der Waals surface area contributed by atoms with Crippen LogP contribution in [0.25, 0.3) is 0 Å². The summed E-state index contributed by atoms with van der Waals surface area (Å²) in [5, 5.41) is 0. The smallest absolute Gasteiger partial charge is 0.323 e. The Morgan fingerprint density at radius 1 is 1.00 bits per heavy atom. The van der Waals surface area contributed by atoms with Gasteiger partial charge >= 0.3 is 5.97 Å². The van der Waals surface area contributed by atoms with Gasteiger partial charge in [-0.3, -0.25) is 4.79 Å². The van der Waals surface area contributed by atoms with E-state index in [1.54, 1.807) is 0 Å².